The molecule has 0 saturated heterocycles. The molecule has 48 heavy (non-hydrogen) atoms. The number of H-pyrrole nitrogens is 1. The van der Waals surface area contributed by atoms with E-state index in [4.69, 9.17) is 4.74 Å². The maximum atomic E-state index is 13.7. The molecule has 1 heterocycles. The number of nitrogens with zero attached hydrogens (tertiary/aromatic N) is 1. The summed E-state index contributed by atoms with van der Waals surface area (Å²) in [5.74, 6) is -2.73. The van der Waals surface area contributed by atoms with Crippen LogP contribution in [0.1, 0.15) is 23.2 Å². The number of ether oxygens (including phenoxy) is 1. The van der Waals surface area contributed by atoms with E-state index < -0.39 is 82.6 Å². The number of pyridine rings is 1. The second kappa shape index (κ2) is 10.7. The number of para-hydroxylation sites is 1. The van der Waals surface area contributed by atoms with E-state index in [1.165, 1.54) is 12.3 Å². The molecule has 0 bridgehead atoms. The van der Waals surface area contributed by atoms with Crippen molar-refractivity contribution >= 4 is 56.2 Å². The smallest absolute Gasteiger partial charge is 0.339 e. The molecule has 240 valence electrons. The quantitative estimate of drug-likeness (QED) is 0.111. The van der Waals surface area contributed by atoms with E-state index in [1.54, 1.807) is 30.3 Å². The number of methoxy groups -OCH3 is 1. The molecule has 4 aliphatic rings. The first kappa shape index (κ1) is 30.6. The molecule has 1 atom stereocenters. The van der Waals surface area contributed by atoms with Crippen LogP contribution in [0.4, 0.5) is 10.5 Å². The molecule has 6 N–H and O–H groups in total. The molecule has 3 aromatic rings. The van der Waals surface area contributed by atoms with Gasteiger partial charge >= 0.3 is 6.03 Å². The summed E-state index contributed by atoms with van der Waals surface area (Å²) in [6, 6.07) is 10.2. The summed E-state index contributed by atoms with van der Waals surface area (Å²) in [6.07, 6.45) is 1.10. The summed E-state index contributed by atoms with van der Waals surface area (Å²) in [6.45, 7) is 0. The Balaban J connectivity index is 1.39. The average molecular weight is 713 g/mol. The Bertz CT molecular complexity index is 2790. The molecule has 14 nitrogen and oxygen atoms in total. The first-order valence-corrected chi connectivity index (χ1v) is 15.0. The zero-order valence-electron chi connectivity index (χ0n) is 24.6. The molecule has 1 spiro atoms. The largest absolute Gasteiger partial charge is 0.510 e. The van der Waals surface area contributed by atoms with Crippen LogP contribution in [0.5, 0.6) is 11.5 Å². The number of nitrogens with one attached hydrogen (secondary N) is 3. The summed E-state index contributed by atoms with van der Waals surface area (Å²) >= 11 is 3.48. The predicted molar refractivity (Wildman–Crippen MR) is 177 cm³/mol. The van der Waals surface area contributed by atoms with Crippen molar-refractivity contribution in [3.8, 4) is 11.5 Å². The molecule has 2 aromatic carbocycles. The predicted octanol–water partition coefficient (Wildman–Crippen LogP) is 0.432. The second-order valence-electron chi connectivity index (χ2n) is 11.2. The van der Waals surface area contributed by atoms with E-state index in [0.29, 0.717) is 15.7 Å². The fourth-order valence-corrected chi connectivity index (χ4v) is 7.43. The number of aliphatic hydroxyl groups is 2. The van der Waals surface area contributed by atoms with Gasteiger partial charge in [-0.25, -0.2) is 10.2 Å². The first-order valence-electron chi connectivity index (χ1n) is 14.2. The van der Waals surface area contributed by atoms with Crippen LogP contribution in [0, 0.1) is 10.4 Å². The molecular weight excluding hydrogens is 692 g/mol. The highest BCUT2D eigenvalue weighted by Crippen LogP contribution is 2.56. The molecule has 1 aromatic heterocycles. The van der Waals surface area contributed by atoms with E-state index in [-0.39, 0.29) is 34.9 Å². The number of aliphatic hydroxyl groups excluding tert-OH is 2. The molecule has 2 amide bonds. The minimum Gasteiger partial charge on any atom is -0.510 e. The first-order chi connectivity index (χ1) is 22.9. The maximum Gasteiger partial charge on any atom is 0.339 e. The van der Waals surface area contributed by atoms with Crippen LogP contribution >= 0.6 is 15.9 Å². The number of rotatable bonds is 4. The Hall–Kier alpha value is -6.09. The van der Waals surface area contributed by atoms with E-state index in [9.17, 15) is 44.1 Å². The molecule has 0 radical (unpaired) electrons. The van der Waals surface area contributed by atoms with Gasteiger partial charge in [0.1, 0.15) is 22.7 Å². The van der Waals surface area contributed by atoms with Crippen molar-refractivity contribution in [1.29, 1.82) is 0 Å². The van der Waals surface area contributed by atoms with Crippen LogP contribution in [0.25, 0.3) is 22.3 Å². The number of aromatic nitrogens is 1. The number of fused-ring (bicyclic) bond motifs is 4. The minimum atomic E-state index is -2.05. The highest BCUT2D eigenvalue weighted by molar-refractivity contribution is 9.10. The topological polar surface area (TPSA) is 225 Å². The number of aromatic hydroxyl groups is 1. The van der Waals surface area contributed by atoms with Gasteiger partial charge < -0.3 is 30.4 Å². The molecule has 0 fully saturated rings. The van der Waals surface area contributed by atoms with E-state index in [1.807, 2.05) is 0 Å². The Labute approximate surface area is 274 Å². The van der Waals surface area contributed by atoms with Crippen molar-refractivity contribution in [2.75, 3.05) is 12.4 Å². The van der Waals surface area contributed by atoms with Gasteiger partial charge in [-0.3, -0.25) is 24.0 Å². The molecular formula is C33H21BrN4O10. The van der Waals surface area contributed by atoms with Crippen molar-refractivity contribution in [2.24, 2.45) is 5.10 Å². The number of phenolic OH excluding ortho intramolecular Hbond substituents is 1. The number of anilines is 1. The summed E-state index contributed by atoms with van der Waals surface area (Å²) in [5, 5.41) is 38.4. The van der Waals surface area contributed by atoms with E-state index >= 15 is 0 Å². The number of phenols is 1. The van der Waals surface area contributed by atoms with Gasteiger partial charge in [-0.1, -0.05) is 18.2 Å². The zero-order chi connectivity index (χ0) is 34.2. The highest BCUT2D eigenvalue weighted by Gasteiger charge is 2.53. The Morgan fingerprint density at radius 3 is 2.29 bits per heavy atom. The summed E-state index contributed by atoms with van der Waals surface area (Å²) in [7, 11) is 1.11. The highest BCUT2D eigenvalue weighted by atomic mass is 79.9. The third kappa shape index (κ3) is 4.07. The molecule has 0 unspecified atom stereocenters. The van der Waals surface area contributed by atoms with Crippen molar-refractivity contribution in [3.63, 3.8) is 0 Å². The maximum absolute atomic E-state index is 13.7. The van der Waals surface area contributed by atoms with Crippen molar-refractivity contribution in [1.82, 2.24) is 10.4 Å². The third-order valence-corrected chi connectivity index (χ3v) is 9.68. The summed E-state index contributed by atoms with van der Waals surface area (Å²) in [5.41, 5.74) is -4.02. The van der Waals surface area contributed by atoms with Crippen molar-refractivity contribution in [2.45, 2.75) is 18.3 Å². The van der Waals surface area contributed by atoms with Gasteiger partial charge in [-0.15, -0.1) is 0 Å². The average Bonchev–Trinajstić information content (AvgIpc) is 3.57. The van der Waals surface area contributed by atoms with Gasteiger partial charge in [0.05, 0.1) is 45.3 Å². The van der Waals surface area contributed by atoms with Crippen molar-refractivity contribution in [3.05, 3.63) is 136 Å². The van der Waals surface area contributed by atoms with Gasteiger partial charge in [0.2, 0.25) is 16.3 Å². The number of halogens is 1. The molecule has 15 heteroatoms. The molecule has 7 rings (SSSR count). The van der Waals surface area contributed by atoms with Gasteiger partial charge in [-0.05, 0) is 52.5 Å². The van der Waals surface area contributed by atoms with E-state index in [0.717, 1.165) is 13.2 Å². The van der Waals surface area contributed by atoms with Gasteiger partial charge in [-0.2, -0.15) is 5.10 Å². The lowest BCUT2D eigenvalue weighted by Crippen LogP contribution is -2.51. The fourth-order valence-electron chi connectivity index (χ4n) is 6.72. The van der Waals surface area contributed by atoms with Gasteiger partial charge in [0.15, 0.2) is 11.2 Å². The third-order valence-electron chi connectivity index (χ3n) is 8.78. The number of aromatic amines is 1. The van der Waals surface area contributed by atoms with Gasteiger partial charge in [0, 0.05) is 27.2 Å². The number of carbonyl (C=O) groups excluding carboxylic acids is 1. The van der Waals surface area contributed by atoms with Crippen LogP contribution in [-0.2, 0) is 11.8 Å². The van der Waals surface area contributed by atoms with Crippen LogP contribution in [0.2, 0.25) is 0 Å². The van der Waals surface area contributed by atoms with Crippen LogP contribution in [0.3, 0.4) is 0 Å². The lowest BCUT2D eigenvalue weighted by molar-refractivity contribution is 0.252. The van der Waals surface area contributed by atoms with Gasteiger partial charge in [0.25, 0.3) is 5.56 Å². The summed E-state index contributed by atoms with van der Waals surface area (Å²) < 4.78 is 5.20. The standard InChI is InChI=1S/C33H21BrN4O10/c1-48-17-10-16(39)19-20(25(17)40)27(42)22-21(26(19)41)29(44)33(30(22)45)8-7-14-23(33)28(43)18-15(24(14)34)9-13(36-31(18)46)11-35-38-32(47)37-12-5-3-2-4-6-12/h2-6,9-11,43-45H,7-8H2,1H3,(H,36,46)(H2,37,38,47)/t33-/m0/s1. The normalized spacial score (nSPS) is 16.6. The van der Waals surface area contributed by atoms with Crippen LogP contribution < -0.4 is 53.2 Å². The number of amides is 2. The Morgan fingerprint density at radius 1 is 0.958 bits per heavy atom. The number of hydrazone groups is 1. The van der Waals surface area contributed by atoms with Crippen LogP contribution in [-0.4, -0.2) is 39.7 Å². The Morgan fingerprint density at radius 2 is 1.62 bits per heavy atom. The minimum absolute atomic E-state index is 0.0777. The number of hydrogen-bond donors (Lipinski definition) is 6. The lowest BCUT2D eigenvalue weighted by Gasteiger charge is -2.27. The zero-order valence-corrected chi connectivity index (χ0v) is 26.1. The Kier molecular flexibility index (Phi) is 6.83. The molecule has 0 aliphatic heterocycles. The SMILES string of the molecule is COc1cc(=O)c2c(=O)c3c(c(=O)c=2c1=O)=C(O)[C@]1(CCc2c1c(O)c1c(=O)[nH]c(C=NNC(=O)Nc4ccccc4)cc1c2Br)C=3O. The fraction of sp³-hybridized carbons (Fsp3) is 0.121. The number of benzene rings is 2. The van der Waals surface area contributed by atoms with E-state index in [2.05, 4.69) is 36.8 Å². The number of carbonyl (C=O) groups is 1. The monoisotopic (exact) mass is 712 g/mol. The molecule has 4 aliphatic carbocycles. The molecule has 0 saturated carbocycles. The van der Waals surface area contributed by atoms with Crippen LogP contribution in [0.15, 0.2) is 76.0 Å². The number of hydrogen-bond acceptors (Lipinski definition) is 11. The van der Waals surface area contributed by atoms with Crippen molar-refractivity contribution < 1.29 is 24.9 Å². The number of urea groups is 1. The lowest BCUT2D eigenvalue weighted by atomic mass is 9.78. The second-order valence-corrected chi connectivity index (χ2v) is 12.0. The summed E-state index contributed by atoms with van der Waals surface area (Å²) in [4.78, 5) is 81.2.